The Labute approximate surface area is 207 Å². The number of ether oxygens (including phenoxy) is 1. The van der Waals surface area contributed by atoms with Gasteiger partial charge in [0, 0.05) is 73.4 Å². The Balaban J connectivity index is -0.00000000974. The first-order chi connectivity index (χ1) is 8.74. The molecule has 0 spiro atoms. The second-order valence-corrected chi connectivity index (χ2v) is 3.18. The third-order valence-corrected chi connectivity index (χ3v) is 1.25. The maximum atomic E-state index is 5.75. The second-order valence-electron chi connectivity index (χ2n) is 3.18. The average Bonchev–Trinajstić information content (AvgIpc) is 2.43. The predicted molar refractivity (Wildman–Crippen MR) is 112 cm³/mol. The van der Waals surface area contributed by atoms with Crippen LogP contribution in [0.4, 0.5) is 0 Å². The first kappa shape index (κ1) is 63.9. The van der Waals surface area contributed by atoms with Gasteiger partial charge < -0.3 is 11.7 Å². The molecule has 23 heavy (non-hydrogen) atoms. The number of unbranched alkanes of at least 4 members (excludes halogenated alkanes) is 3. The van der Waals surface area contributed by atoms with E-state index in [1.54, 1.807) is 0 Å². The van der Waals surface area contributed by atoms with Crippen LogP contribution in [0.15, 0.2) is 0 Å². The fraction of sp³-hybridized carbons (Fsp3) is 0.900. The van der Waals surface area contributed by atoms with Crippen LogP contribution in [0.3, 0.4) is 0 Å². The monoisotopic (exact) mass is 492 g/mol. The van der Waals surface area contributed by atoms with E-state index < -0.39 is 0 Å². The van der Waals surface area contributed by atoms with Crippen LogP contribution in [-0.4, -0.2) is 6.61 Å². The zero-order valence-electron chi connectivity index (χ0n) is 15.9. The summed E-state index contributed by atoms with van der Waals surface area (Å²) in [5.41, 5.74) is 0. The van der Waals surface area contributed by atoms with Gasteiger partial charge in [-0.05, 0) is 0 Å². The smallest absolute Gasteiger partial charge is 0.0194 e. The van der Waals surface area contributed by atoms with Crippen molar-refractivity contribution in [3.8, 4) is 0 Å². The van der Waals surface area contributed by atoms with Crippen LogP contribution in [0, 0.1) is 14.0 Å². The standard InChI is InChI=1S/C5H10O.C5H12.C3H8.C2H6.5CH4.2Y/c1-3-4-5-6-2;1-3-5-4-2;1-3-2;1-2;;;;;;;/h1-5H2;3-5H2,1-2H3;3H2,1-2H3;1-2H3;5*1H4;;/q-2;;;;;;;;;;/i;;;;1T;;;;;;. The molecular weight excluding hydrogens is 434 g/mol. The van der Waals surface area contributed by atoms with Gasteiger partial charge in [0.2, 0.25) is 0 Å². The van der Waals surface area contributed by atoms with Crippen molar-refractivity contribution >= 4 is 0 Å². The molecule has 2 radical (unpaired) electrons. The third-order valence-electron chi connectivity index (χ3n) is 1.25. The van der Waals surface area contributed by atoms with Gasteiger partial charge in [-0.3, -0.25) is 0 Å². The van der Waals surface area contributed by atoms with Crippen LogP contribution < -0.4 is 0 Å². The van der Waals surface area contributed by atoms with Gasteiger partial charge in [-0.1, -0.05) is 111 Å². The molecule has 0 aromatic heterocycles. The molecule has 0 rings (SSSR count). The van der Waals surface area contributed by atoms with E-state index in [1.165, 1.54) is 33.1 Å². The van der Waals surface area contributed by atoms with Crippen LogP contribution in [-0.2, 0) is 70.2 Å². The number of rotatable bonds is 5. The van der Waals surface area contributed by atoms with E-state index in [1.807, 2.05) is 13.8 Å². The fourth-order valence-corrected chi connectivity index (χ4v) is 0.558. The van der Waals surface area contributed by atoms with Crippen LogP contribution in [0.2, 0.25) is 0 Å². The molecule has 0 saturated heterocycles. The van der Waals surface area contributed by atoms with Crippen LogP contribution in [0.25, 0.3) is 0 Å². The summed E-state index contributed by atoms with van der Waals surface area (Å²) >= 11 is 0. The number of hydrogen-bond acceptors (Lipinski definition) is 1. The van der Waals surface area contributed by atoms with Crippen molar-refractivity contribution in [2.24, 2.45) is 0 Å². The van der Waals surface area contributed by atoms with Gasteiger partial charge >= 0.3 is 0 Å². The molecule has 0 aliphatic heterocycles. The first-order valence-corrected chi connectivity index (χ1v) is 6.91. The molecule has 0 atom stereocenters. The van der Waals surface area contributed by atoms with Crippen molar-refractivity contribution < 1.29 is 71.5 Å². The molecule has 0 bridgehead atoms. The van der Waals surface area contributed by atoms with Crippen molar-refractivity contribution in [2.45, 2.75) is 117 Å². The van der Waals surface area contributed by atoms with E-state index in [2.05, 4.69) is 46.5 Å². The SMILES string of the molecule is C.C.C.C.CC.CCC.CCCCC.[3H]C.[CH2-]CCCO[CH2-].[Y].[Y]. The van der Waals surface area contributed by atoms with Gasteiger partial charge in [0.1, 0.15) is 0 Å². The maximum Gasteiger partial charge on any atom is 0.0194 e. The van der Waals surface area contributed by atoms with E-state index in [0.717, 1.165) is 19.4 Å². The summed E-state index contributed by atoms with van der Waals surface area (Å²) in [4.78, 5) is 0. The Morgan fingerprint density at radius 2 is 1.04 bits per heavy atom. The molecule has 0 unspecified atom stereocenters. The summed E-state index contributed by atoms with van der Waals surface area (Å²) in [6.07, 6.45) is 7.28. The van der Waals surface area contributed by atoms with Crippen molar-refractivity contribution in [1.29, 1.82) is 0 Å². The minimum Gasteiger partial charge on any atom is -0.555 e. The molecule has 0 aliphatic carbocycles. The second kappa shape index (κ2) is 125. The van der Waals surface area contributed by atoms with Crippen molar-refractivity contribution in [3.63, 3.8) is 0 Å². The van der Waals surface area contributed by atoms with E-state index >= 15 is 0 Å². The minimum absolute atomic E-state index is 0. The van der Waals surface area contributed by atoms with Gasteiger partial charge in [-0.2, -0.15) is 6.42 Å². The summed E-state index contributed by atoms with van der Waals surface area (Å²) in [6.45, 7) is 17.0. The van der Waals surface area contributed by atoms with E-state index in [-0.39, 0.29) is 95.1 Å². The van der Waals surface area contributed by atoms with Crippen molar-refractivity contribution in [2.75, 3.05) is 6.61 Å². The van der Waals surface area contributed by atoms with Gasteiger partial charge in [0.15, 0.2) is 0 Å². The Hall–Kier alpha value is 2.17. The third kappa shape index (κ3) is 231. The molecule has 0 aromatic carbocycles. The van der Waals surface area contributed by atoms with E-state index in [9.17, 15) is 0 Å². The molecule has 150 valence electrons. The topological polar surface area (TPSA) is 9.23 Å². The van der Waals surface area contributed by atoms with E-state index in [0.29, 0.717) is 0 Å². The van der Waals surface area contributed by atoms with Crippen molar-refractivity contribution in [1.82, 2.24) is 0 Å². The van der Waals surface area contributed by atoms with Gasteiger partial charge in [0.25, 0.3) is 0 Å². The first-order valence-electron chi connectivity index (χ1n) is 7.91. The van der Waals surface area contributed by atoms with Gasteiger partial charge in [0.05, 0.1) is 0 Å². The van der Waals surface area contributed by atoms with Crippen molar-refractivity contribution in [3.05, 3.63) is 14.0 Å². The summed E-state index contributed by atoms with van der Waals surface area (Å²) in [5.74, 6) is 0. The zero-order chi connectivity index (χ0) is 15.7. The predicted octanol–water partition coefficient (Wildman–Crippen LogP) is 9.22. The Morgan fingerprint density at radius 3 is 1.09 bits per heavy atom. The molecule has 0 heterocycles. The minimum atomic E-state index is 0. The van der Waals surface area contributed by atoms with Crippen LogP contribution in [0.5, 0.6) is 0 Å². The molecular formula is C20H56OY2-2. The summed E-state index contributed by atoms with van der Waals surface area (Å²) < 4.78 is 10.2. The molecule has 0 saturated carbocycles. The largest absolute Gasteiger partial charge is 0.555 e. The Kier molecular flexibility index (Phi) is 349. The van der Waals surface area contributed by atoms with Crippen LogP contribution >= 0.6 is 0 Å². The molecule has 0 fully saturated rings. The molecule has 0 aliphatic rings. The molecule has 0 N–H and O–H groups in total. The normalized spacial score (nSPS) is 5.52. The van der Waals surface area contributed by atoms with Gasteiger partial charge in [-0.15, -0.1) is 0 Å². The van der Waals surface area contributed by atoms with Crippen LogP contribution in [0.1, 0.15) is 119 Å². The maximum absolute atomic E-state index is 5.75. The van der Waals surface area contributed by atoms with E-state index in [4.69, 9.17) is 1.37 Å². The molecule has 1 nitrogen and oxygen atoms in total. The summed E-state index contributed by atoms with van der Waals surface area (Å²) in [6, 6.07) is 0. The fourth-order valence-electron chi connectivity index (χ4n) is 0.558. The van der Waals surface area contributed by atoms with Gasteiger partial charge in [-0.25, -0.2) is 7.11 Å². The summed E-state index contributed by atoms with van der Waals surface area (Å²) in [7, 11) is 4.45. The average molecular weight is 492 g/mol. The Bertz CT molecular complexity index is 63.6. The molecule has 0 amide bonds. The summed E-state index contributed by atoms with van der Waals surface area (Å²) in [5, 5.41) is 0. The quantitative estimate of drug-likeness (QED) is 0.275. The number of hydrogen-bond donors (Lipinski definition) is 0. The zero-order valence-corrected chi connectivity index (χ0v) is 20.6. The molecule has 3 heteroatoms. The molecule has 0 aromatic rings. The Morgan fingerprint density at radius 1 is 0.783 bits per heavy atom.